The van der Waals surface area contributed by atoms with Gasteiger partial charge in [-0.2, -0.15) is 5.26 Å². The summed E-state index contributed by atoms with van der Waals surface area (Å²) in [5.74, 6) is -0.285. The first kappa shape index (κ1) is 18.5. The first-order chi connectivity index (χ1) is 11.9. The van der Waals surface area contributed by atoms with E-state index in [2.05, 4.69) is 4.98 Å². The van der Waals surface area contributed by atoms with Crippen molar-refractivity contribution in [1.29, 1.82) is 5.26 Å². The zero-order valence-corrected chi connectivity index (χ0v) is 14.8. The number of benzene rings is 1. The van der Waals surface area contributed by atoms with Gasteiger partial charge in [-0.1, -0.05) is 30.3 Å². The first-order valence-corrected chi connectivity index (χ1v) is 8.28. The van der Waals surface area contributed by atoms with Crippen LogP contribution in [0.4, 0.5) is 0 Å². The van der Waals surface area contributed by atoms with Crippen molar-refractivity contribution in [3.63, 3.8) is 0 Å². The van der Waals surface area contributed by atoms with Crippen molar-refractivity contribution in [3.05, 3.63) is 68.6 Å². The van der Waals surface area contributed by atoms with Gasteiger partial charge in [0, 0.05) is 18.5 Å². The van der Waals surface area contributed by atoms with Crippen LogP contribution < -0.4 is 5.56 Å². The summed E-state index contributed by atoms with van der Waals surface area (Å²) in [7, 11) is 0. The number of hydrogen-bond acceptors (Lipinski definition) is 4. The van der Waals surface area contributed by atoms with Gasteiger partial charge in [0.2, 0.25) is 0 Å². The van der Waals surface area contributed by atoms with E-state index in [1.807, 2.05) is 43.3 Å². The maximum Gasteiger partial charge on any atom is 0.306 e. The standard InChI is InChI=1S/C20H22N2O3/c1-13(11-16-7-5-4-6-8-16)25-19(23)10-9-17-14(2)18(12-21)20(24)22-15(17)3/h4-8,13H,9-11H2,1-3H3,(H,22,24). The molecule has 2 rings (SSSR count). The topological polar surface area (TPSA) is 83.0 Å². The minimum Gasteiger partial charge on any atom is -0.462 e. The Kier molecular flexibility index (Phi) is 6.13. The third kappa shape index (κ3) is 4.80. The quantitative estimate of drug-likeness (QED) is 0.821. The second-order valence-electron chi connectivity index (χ2n) is 6.16. The van der Waals surface area contributed by atoms with Gasteiger partial charge in [-0.25, -0.2) is 0 Å². The van der Waals surface area contributed by atoms with Crippen molar-refractivity contribution >= 4 is 5.97 Å². The second-order valence-corrected chi connectivity index (χ2v) is 6.16. The molecule has 5 nitrogen and oxygen atoms in total. The molecule has 1 unspecified atom stereocenters. The molecule has 0 aliphatic carbocycles. The van der Waals surface area contributed by atoms with Crippen molar-refractivity contribution in [1.82, 2.24) is 4.98 Å². The molecule has 1 atom stereocenters. The number of ether oxygens (including phenoxy) is 1. The number of nitriles is 1. The van der Waals surface area contributed by atoms with Crippen LogP contribution in [0.15, 0.2) is 35.1 Å². The van der Waals surface area contributed by atoms with Gasteiger partial charge in [0.25, 0.3) is 5.56 Å². The van der Waals surface area contributed by atoms with Crippen LogP contribution in [0.1, 0.15) is 41.3 Å². The average Bonchev–Trinajstić information content (AvgIpc) is 2.55. The Hall–Kier alpha value is -2.87. The van der Waals surface area contributed by atoms with E-state index in [1.54, 1.807) is 13.8 Å². The van der Waals surface area contributed by atoms with Crippen LogP contribution in [0.2, 0.25) is 0 Å². The highest BCUT2D eigenvalue weighted by Crippen LogP contribution is 2.16. The van der Waals surface area contributed by atoms with E-state index >= 15 is 0 Å². The molecule has 130 valence electrons. The summed E-state index contributed by atoms with van der Waals surface area (Å²) in [6.45, 7) is 5.38. The number of pyridine rings is 1. The van der Waals surface area contributed by atoms with E-state index < -0.39 is 0 Å². The van der Waals surface area contributed by atoms with Crippen molar-refractivity contribution in [2.24, 2.45) is 0 Å². The molecule has 1 N–H and O–H groups in total. The van der Waals surface area contributed by atoms with Crippen molar-refractivity contribution in [2.45, 2.75) is 46.1 Å². The molecule has 0 radical (unpaired) electrons. The molecule has 5 heteroatoms. The number of nitrogens with zero attached hydrogens (tertiary/aromatic N) is 1. The fraction of sp³-hybridized carbons (Fsp3) is 0.350. The second kappa shape index (κ2) is 8.29. The van der Waals surface area contributed by atoms with E-state index in [9.17, 15) is 9.59 Å². The number of rotatable bonds is 6. The zero-order chi connectivity index (χ0) is 18.4. The SMILES string of the molecule is Cc1[nH]c(=O)c(C#N)c(C)c1CCC(=O)OC(C)Cc1ccccc1. The lowest BCUT2D eigenvalue weighted by atomic mass is 9.99. The molecule has 0 saturated heterocycles. The van der Waals surface area contributed by atoms with Gasteiger partial charge in [0.15, 0.2) is 0 Å². The number of carbonyl (C=O) groups is 1. The molecule has 0 bridgehead atoms. The molecule has 1 aromatic heterocycles. The molecule has 0 saturated carbocycles. The summed E-state index contributed by atoms with van der Waals surface area (Å²) in [5, 5.41) is 9.09. The first-order valence-electron chi connectivity index (χ1n) is 8.28. The maximum absolute atomic E-state index is 12.1. The Bertz CT molecular complexity index is 848. The Morgan fingerprint density at radius 2 is 1.96 bits per heavy atom. The highest BCUT2D eigenvalue weighted by atomic mass is 16.5. The summed E-state index contributed by atoms with van der Waals surface area (Å²) >= 11 is 0. The molecule has 0 amide bonds. The van der Waals surface area contributed by atoms with Crippen molar-refractivity contribution in [3.8, 4) is 6.07 Å². The lowest BCUT2D eigenvalue weighted by Crippen LogP contribution is -2.19. The largest absolute Gasteiger partial charge is 0.462 e. The smallest absolute Gasteiger partial charge is 0.306 e. The number of hydrogen-bond donors (Lipinski definition) is 1. The number of aromatic amines is 1. The highest BCUT2D eigenvalue weighted by Gasteiger charge is 2.15. The Balaban J connectivity index is 1.96. The number of aromatic nitrogens is 1. The average molecular weight is 338 g/mol. The van der Waals surface area contributed by atoms with Gasteiger partial charge in [-0.15, -0.1) is 0 Å². The summed E-state index contributed by atoms with van der Waals surface area (Å²) in [5.41, 5.74) is 2.98. The molecular weight excluding hydrogens is 316 g/mol. The predicted molar refractivity (Wildman–Crippen MR) is 95.3 cm³/mol. The van der Waals surface area contributed by atoms with Gasteiger partial charge in [-0.05, 0) is 43.9 Å². The summed E-state index contributed by atoms with van der Waals surface area (Å²) < 4.78 is 5.46. The summed E-state index contributed by atoms with van der Waals surface area (Å²) in [6, 6.07) is 11.8. The monoisotopic (exact) mass is 338 g/mol. The number of esters is 1. The predicted octanol–water partition coefficient (Wildman–Crippen LogP) is 2.97. The Labute approximate surface area is 147 Å². The van der Waals surface area contributed by atoms with E-state index in [4.69, 9.17) is 10.00 Å². The third-order valence-electron chi connectivity index (χ3n) is 4.20. The number of aryl methyl sites for hydroxylation is 1. The minimum atomic E-state index is -0.389. The number of H-pyrrole nitrogens is 1. The van der Waals surface area contributed by atoms with Crippen molar-refractivity contribution in [2.75, 3.05) is 0 Å². The van der Waals surface area contributed by atoms with Crippen molar-refractivity contribution < 1.29 is 9.53 Å². The Morgan fingerprint density at radius 3 is 2.60 bits per heavy atom. The number of nitrogens with one attached hydrogen (secondary N) is 1. The van der Waals surface area contributed by atoms with Gasteiger partial charge < -0.3 is 9.72 Å². The lowest BCUT2D eigenvalue weighted by molar-refractivity contribution is -0.148. The maximum atomic E-state index is 12.1. The highest BCUT2D eigenvalue weighted by molar-refractivity contribution is 5.70. The van der Waals surface area contributed by atoms with Crippen LogP contribution in [0.3, 0.4) is 0 Å². The van der Waals surface area contributed by atoms with Gasteiger partial charge >= 0.3 is 5.97 Å². The molecule has 1 heterocycles. The molecule has 25 heavy (non-hydrogen) atoms. The van der Waals surface area contributed by atoms with Crippen LogP contribution in [0.5, 0.6) is 0 Å². The van der Waals surface area contributed by atoms with E-state index in [0.29, 0.717) is 24.1 Å². The summed E-state index contributed by atoms with van der Waals surface area (Å²) in [6.07, 6.45) is 1.10. The molecule has 0 fully saturated rings. The van der Waals surface area contributed by atoms with Gasteiger partial charge in [-0.3, -0.25) is 9.59 Å². The normalized spacial score (nSPS) is 11.6. The fourth-order valence-corrected chi connectivity index (χ4v) is 2.92. The lowest BCUT2D eigenvalue weighted by Gasteiger charge is -2.14. The van der Waals surface area contributed by atoms with E-state index in [1.165, 1.54) is 0 Å². The Morgan fingerprint density at radius 1 is 1.28 bits per heavy atom. The van der Waals surface area contributed by atoms with Crippen LogP contribution in [-0.2, 0) is 22.4 Å². The summed E-state index contributed by atoms with van der Waals surface area (Å²) in [4.78, 5) is 26.5. The molecule has 2 aromatic rings. The number of carbonyl (C=O) groups excluding carboxylic acids is 1. The zero-order valence-electron chi connectivity index (χ0n) is 14.8. The fourth-order valence-electron chi connectivity index (χ4n) is 2.92. The minimum absolute atomic E-state index is 0.103. The molecule has 0 spiro atoms. The van der Waals surface area contributed by atoms with Gasteiger partial charge in [0.05, 0.1) is 0 Å². The molecule has 0 aliphatic rings. The van der Waals surface area contributed by atoms with Crippen LogP contribution >= 0.6 is 0 Å². The molecular formula is C20H22N2O3. The van der Waals surface area contributed by atoms with Crippen LogP contribution in [-0.4, -0.2) is 17.1 Å². The molecule has 0 aliphatic heterocycles. The van der Waals surface area contributed by atoms with Crippen LogP contribution in [0, 0.1) is 25.2 Å². The van der Waals surface area contributed by atoms with E-state index in [0.717, 1.165) is 11.1 Å². The molecule has 1 aromatic carbocycles. The third-order valence-corrected chi connectivity index (χ3v) is 4.20. The van der Waals surface area contributed by atoms with Crippen LogP contribution in [0.25, 0.3) is 0 Å². The van der Waals surface area contributed by atoms with Gasteiger partial charge in [0.1, 0.15) is 17.7 Å². The van der Waals surface area contributed by atoms with E-state index in [-0.39, 0.29) is 29.6 Å².